The molecule has 126 valence electrons. The van der Waals surface area contributed by atoms with Crippen LogP contribution in [-0.4, -0.2) is 19.8 Å². The van der Waals surface area contributed by atoms with Gasteiger partial charge in [0.1, 0.15) is 17.6 Å². The van der Waals surface area contributed by atoms with E-state index < -0.39 is 0 Å². The van der Waals surface area contributed by atoms with Crippen LogP contribution in [0.4, 0.5) is 0 Å². The highest BCUT2D eigenvalue weighted by Gasteiger charge is 2.24. The van der Waals surface area contributed by atoms with Gasteiger partial charge >= 0.3 is 0 Å². The van der Waals surface area contributed by atoms with Crippen molar-refractivity contribution in [3.8, 4) is 33.8 Å². The predicted octanol–water partition coefficient (Wildman–Crippen LogP) is 4.29. The van der Waals surface area contributed by atoms with Crippen LogP contribution in [0.1, 0.15) is 5.56 Å². The van der Waals surface area contributed by atoms with E-state index in [4.69, 9.17) is 15.2 Å². The number of methoxy groups -OCH3 is 1. The zero-order valence-electron chi connectivity index (χ0n) is 14.2. The van der Waals surface area contributed by atoms with Crippen molar-refractivity contribution >= 4 is 0 Å². The smallest absolute Gasteiger partial charge is 0.130 e. The summed E-state index contributed by atoms with van der Waals surface area (Å²) in [5.41, 5.74) is 11.5. The highest BCUT2D eigenvalue weighted by Crippen LogP contribution is 2.40. The molecule has 3 nitrogen and oxygen atoms in total. The van der Waals surface area contributed by atoms with E-state index in [0.717, 1.165) is 40.2 Å². The fourth-order valence-electron chi connectivity index (χ4n) is 3.43. The summed E-state index contributed by atoms with van der Waals surface area (Å²) >= 11 is 0. The Morgan fingerprint density at radius 2 is 1.68 bits per heavy atom. The topological polar surface area (TPSA) is 44.5 Å². The largest absolute Gasteiger partial charge is 0.496 e. The maximum Gasteiger partial charge on any atom is 0.130 e. The second-order valence-corrected chi connectivity index (χ2v) is 6.25. The van der Waals surface area contributed by atoms with E-state index >= 15 is 0 Å². The maximum absolute atomic E-state index is 6.08. The van der Waals surface area contributed by atoms with Gasteiger partial charge in [0, 0.05) is 24.1 Å². The van der Waals surface area contributed by atoms with Crippen molar-refractivity contribution in [1.29, 1.82) is 0 Å². The lowest BCUT2D eigenvalue weighted by atomic mass is 9.96. The highest BCUT2D eigenvalue weighted by atomic mass is 16.5. The van der Waals surface area contributed by atoms with Crippen LogP contribution in [0, 0.1) is 0 Å². The van der Waals surface area contributed by atoms with Crippen molar-refractivity contribution in [3.63, 3.8) is 0 Å². The Morgan fingerprint density at radius 1 is 0.960 bits per heavy atom. The Morgan fingerprint density at radius 3 is 2.48 bits per heavy atom. The number of fused-ring (bicyclic) bond motifs is 1. The predicted molar refractivity (Wildman–Crippen MR) is 101 cm³/mol. The van der Waals surface area contributed by atoms with Crippen LogP contribution >= 0.6 is 0 Å². The summed E-state index contributed by atoms with van der Waals surface area (Å²) in [6, 6.07) is 22.9. The molecule has 1 heterocycles. The first-order valence-corrected chi connectivity index (χ1v) is 8.52. The second-order valence-electron chi connectivity index (χ2n) is 6.25. The first kappa shape index (κ1) is 15.7. The van der Waals surface area contributed by atoms with Gasteiger partial charge in [0.25, 0.3) is 0 Å². The maximum atomic E-state index is 6.08. The number of ether oxygens (including phenoxy) is 2. The summed E-state index contributed by atoms with van der Waals surface area (Å²) < 4.78 is 11.6. The van der Waals surface area contributed by atoms with Gasteiger partial charge in [-0.05, 0) is 28.8 Å². The molecular weight excluding hydrogens is 310 g/mol. The number of hydrogen-bond donors (Lipinski definition) is 1. The quantitative estimate of drug-likeness (QED) is 0.775. The Bertz CT molecular complexity index is 904. The summed E-state index contributed by atoms with van der Waals surface area (Å²) in [7, 11) is 1.70. The molecule has 0 aliphatic carbocycles. The van der Waals surface area contributed by atoms with Crippen molar-refractivity contribution in [2.75, 3.05) is 13.7 Å². The van der Waals surface area contributed by atoms with Crippen LogP contribution in [0.25, 0.3) is 22.3 Å². The highest BCUT2D eigenvalue weighted by molar-refractivity contribution is 5.79. The van der Waals surface area contributed by atoms with Gasteiger partial charge in [-0.3, -0.25) is 0 Å². The van der Waals surface area contributed by atoms with E-state index in [9.17, 15) is 0 Å². The molecule has 1 aliphatic rings. The van der Waals surface area contributed by atoms with Crippen LogP contribution in [-0.2, 0) is 6.42 Å². The Hall–Kier alpha value is -2.78. The van der Waals surface area contributed by atoms with Crippen molar-refractivity contribution < 1.29 is 9.47 Å². The molecule has 3 aromatic rings. The minimum absolute atomic E-state index is 0.0774. The van der Waals surface area contributed by atoms with E-state index in [2.05, 4.69) is 48.5 Å². The lowest BCUT2D eigenvalue weighted by Crippen LogP contribution is -2.24. The second kappa shape index (κ2) is 6.61. The zero-order valence-corrected chi connectivity index (χ0v) is 14.2. The van der Waals surface area contributed by atoms with Gasteiger partial charge < -0.3 is 15.2 Å². The van der Waals surface area contributed by atoms with Gasteiger partial charge in [0.05, 0.1) is 7.11 Å². The SMILES string of the molecule is COc1ccccc1-c1cccc(-c2cccc3c2O[C@H](CN)C3)c1. The van der Waals surface area contributed by atoms with Crippen LogP contribution in [0.3, 0.4) is 0 Å². The van der Waals surface area contributed by atoms with Crippen molar-refractivity contribution in [2.24, 2.45) is 5.73 Å². The minimum Gasteiger partial charge on any atom is -0.496 e. The monoisotopic (exact) mass is 331 g/mol. The fourth-order valence-corrected chi connectivity index (χ4v) is 3.43. The number of hydrogen-bond acceptors (Lipinski definition) is 3. The summed E-state index contributed by atoms with van der Waals surface area (Å²) in [4.78, 5) is 0. The Labute approximate surface area is 148 Å². The van der Waals surface area contributed by atoms with E-state index in [1.807, 2.05) is 18.2 Å². The molecule has 0 amide bonds. The van der Waals surface area contributed by atoms with Crippen LogP contribution in [0.15, 0.2) is 66.7 Å². The average Bonchev–Trinajstić information content (AvgIpc) is 3.11. The molecule has 1 atom stereocenters. The molecule has 25 heavy (non-hydrogen) atoms. The van der Waals surface area contributed by atoms with Gasteiger partial charge in [0.2, 0.25) is 0 Å². The van der Waals surface area contributed by atoms with E-state index in [1.165, 1.54) is 5.56 Å². The summed E-state index contributed by atoms with van der Waals surface area (Å²) in [6.45, 7) is 0.537. The molecule has 0 bridgehead atoms. The van der Waals surface area contributed by atoms with Crippen molar-refractivity contribution in [1.82, 2.24) is 0 Å². The molecule has 1 aliphatic heterocycles. The van der Waals surface area contributed by atoms with Crippen LogP contribution in [0.2, 0.25) is 0 Å². The van der Waals surface area contributed by atoms with Crippen LogP contribution < -0.4 is 15.2 Å². The van der Waals surface area contributed by atoms with E-state index in [1.54, 1.807) is 7.11 Å². The first-order valence-electron chi connectivity index (χ1n) is 8.52. The first-order chi connectivity index (χ1) is 12.3. The number of para-hydroxylation sites is 2. The molecule has 2 N–H and O–H groups in total. The van der Waals surface area contributed by atoms with Crippen molar-refractivity contribution in [3.05, 3.63) is 72.3 Å². The zero-order chi connectivity index (χ0) is 17.2. The third-order valence-electron chi connectivity index (χ3n) is 4.68. The van der Waals surface area contributed by atoms with Crippen LogP contribution in [0.5, 0.6) is 11.5 Å². The number of rotatable bonds is 4. The third kappa shape index (κ3) is 2.87. The van der Waals surface area contributed by atoms with Crippen molar-refractivity contribution in [2.45, 2.75) is 12.5 Å². The van der Waals surface area contributed by atoms with Gasteiger partial charge in [-0.2, -0.15) is 0 Å². The molecule has 0 unspecified atom stereocenters. The molecule has 0 aromatic heterocycles. The Balaban J connectivity index is 1.78. The molecule has 3 heteroatoms. The molecule has 0 saturated carbocycles. The average molecular weight is 331 g/mol. The summed E-state index contributed by atoms with van der Waals surface area (Å²) in [5.74, 6) is 1.84. The Kier molecular flexibility index (Phi) is 4.16. The summed E-state index contributed by atoms with van der Waals surface area (Å²) in [6.07, 6.45) is 0.958. The molecule has 3 aromatic carbocycles. The molecule has 0 spiro atoms. The molecular formula is C22H21NO2. The molecule has 0 radical (unpaired) electrons. The van der Waals surface area contributed by atoms with Gasteiger partial charge in [-0.15, -0.1) is 0 Å². The standard InChI is InChI=1S/C22H21NO2/c1-24-21-11-3-2-9-19(21)15-6-4-7-16(12-15)20-10-5-8-17-13-18(14-23)25-22(17)20/h2-12,18H,13-14,23H2,1H3/t18-/m0/s1. The number of benzene rings is 3. The molecule has 0 fully saturated rings. The lowest BCUT2D eigenvalue weighted by Gasteiger charge is -2.13. The molecule has 0 saturated heterocycles. The van der Waals surface area contributed by atoms with Gasteiger partial charge in [-0.25, -0.2) is 0 Å². The van der Waals surface area contributed by atoms with E-state index in [-0.39, 0.29) is 6.10 Å². The third-order valence-corrected chi connectivity index (χ3v) is 4.68. The summed E-state index contributed by atoms with van der Waals surface area (Å²) in [5, 5.41) is 0. The van der Waals surface area contributed by atoms with Gasteiger partial charge in [0.15, 0.2) is 0 Å². The lowest BCUT2D eigenvalue weighted by molar-refractivity contribution is 0.242. The van der Waals surface area contributed by atoms with E-state index in [0.29, 0.717) is 6.54 Å². The number of nitrogens with two attached hydrogens (primary N) is 1. The minimum atomic E-state index is 0.0774. The molecule has 4 rings (SSSR count). The van der Waals surface area contributed by atoms with Gasteiger partial charge in [-0.1, -0.05) is 54.6 Å². The normalized spacial score (nSPS) is 15.5. The fraction of sp³-hybridized carbons (Fsp3) is 0.182.